The molecule has 0 aliphatic carbocycles. The lowest BCUT2D eigenvalue weighted by molar-refractivity contribution is 0.468. The van der Waals surface area contributed by atoms with Crippen LogP contribution < -0.4 is 4.74 Å². The average Bonchev–Trinajstić information content (AvgIpc) is 2.86. The lowest BCUT2D eigenvalue weighted by Gasteiger charge is -2.06. The van der Waals surface area contributed by atoms with Crippen LogP contribution in [0, 0.1) is 0 Å². The minimum atomic E-state index is -3.23. The van der Waals surface area contributed by atoms with Gasteiger partial charge in [-0.15, -0.1) is 11.3 Å². The van der Waals surface area contributed by atoms with Crippen LogP contribution in [0.15, 0.2) is 40.6 Å². The standard InChI is InChI=1S/C13H9ClN2O3S2/c1-21(17,18)9-4-2-8(3-5-9)19-11-10-6-7-20-12(10)16-13(14)15-11/h2-7H,1H3. The Bertz CT molecular complexity index is 905. The fraction of sp³-hybridized carbons (Fsp3) is 0.0769. The molecule has 0 spiro atoms. The molecule has 0 bridgehead atoms. The van der Waals surface area contributed by atoms with Gasteiger partial charge in [0.2, 0.25) is 11.2 Å². The molecule has 0 aliphatic heterocycles. The SMILES string of the molecule is CS(=O)(=O)c1ccc(Oc2nc(Cl)nc3sccc23)cc1. The molecule has 3 rings (SSSR count). The summed E-state index contributed by atoms with van der Waals surface area (Å²) < 4.78 is 28.5. The Morgan fingerprint density at radius 3 is 2.52 bits per heavy atom. The van der Waals surface area contributed by atoms with Gasteiger partial charge in [0.05, 0.1) is 10.3 Å². The van der Waals surface area contributed by atoms with E-state index in [4.69, 9.17) is 16.3 Å². The summed E-state index contributed by atoms with van der Waals surface area (Å²) in [6.45, 7) is 0. The summed E-state index contributed by atoms with van der Waals surface area (Å²) in [5, 5.41) is 2.74. The van der Waals surface area contributed by atoms with Crippen LogP contribution in [-0.2, 0) is 9.84 Å². The second-order valence-electron chi connectivity index (χ2n) is 4.28. The molecule has 2 aromatic heterocycles. The largest absolute Gasteiger partial charge is 0.438 e. The second kappa shape index (κ2) is 5.25. The maximum Gasteiger partial charge on any atom is 0.232 e. The number of thiophene rings is 1. The molecule has 0 saturated carbocycles. The molecule has 0 N–H and O–H groups in total. The van der Waals surface area contributed by atoms with Crippen LogP contribution in [-0.4, -0.2) is 24.6 Å². The molecule has 0 radical (unpaired) electrons. The number of benzene rings is 1. The summed E-state index contributed by atoms with van der Waals surface area (Å²) in [5.41, 5.74) is 0. The first-order valence-corrected chi connectivity index (χ1v) is 8.97. The van der Waals surface area contributed by atoms with Gasteiger partial charge in [-0.3, -0.25) is 0 Å². The molecule has 0 amide bonds. The molecule has 0 aliphatic rings. The van der Waals surface area contributed by atoms with Crippen molar-refractivity contribution in [3.05, 3.63) is 41.0 Å². The molecule has 0 unspecified atom stereocenters. The highest BCUT2D eigenvalue weighted by Gasteiger charge is 2.11. The lowest BCUT2D eigenvalue weighted by atomic mass is 10.3. The zero-order valence-electron chi connectivity index (χ0n) is 10.8. The minimum Gasteiger partial charge on any atom is -0.438 e. The van der Waals surface area contributed by atoms with Crippen molar-refractivity contribution in [2.45, 2.75) is 4.90 Å². The fourth-order valence-electron chi connectivity index (χ4n) is 1.75. The molecule has 5 nitrogen and oxygen atoms in total. The number of hydrogen-bond donors (Lipinski definition) is 0. The number of fused-ring (bicyclic) bond motifs is 1. The van der Waals surface area contributed by atoms with Gasteiger partial charge in [-0.25, -0.2) is 13.4 Å². The number of rotatable bonds is 3. The summed E-state index contributed by atoms with van der Waals surface area (Å²) in [5.74, 6) is 0.822. The van der Waals surface area contributed by atoms with Gasteiger partial charge in [0.15, 0.2) is 9.84 Å². The first-order chi connectivity index (χ1) is 9.93. The average molecular weight is 341 g/mol. The zero-order valence-corrected chi connectivity index (χ0v) is 13.2. The van der Waals surface area contributed by atoms with Crippen LogP contribution >= 0.6 is 22.9 Å². The highest BCUT2D eigenvalue weighted by molar-refractivity contribution is 7.90. The van der Waals surface area contributed by atoms with Crippen molar-refractivity contribution in [1.82, 2.24) is 9.97 Å². The Hall–Kier alpha value is -1.70. The number of halogens is 1. The first kappa shape index (κ1) is 14.2. The highest BCUT2D eigenvalue weighted by atomic mass is 35.5. The monoisotopic (exact) mass is 340 g/mol. The summed E-state index contributed by atoms with van der Waals surface area (Å²) in [4.78, 5) is 9.13. The van der Waals surface area contributed by atoms with Crippen LogP contribution in [0.25, 0.3) is 10.2 Å². The van der Waals surface area contributed by atoms with E-state index >= 15 is 0 Å². The molecular formula is C13H9ClN2O3S2. The third kappa shape index (κ3) is 2.99. The van der Waals surface area contributed by atoms with Gasteiger partial charge in [-0.2, -0.15) is 4.98 Å². The molecular weight excluding hydrogens is 332 g/mol. The predicted molar refractivity (Wildman–Crippen MR) is 82.1 cm³/mol. The number of ether oxygens (including phenoxy) is 1. The van der Waals surface area contributed by atoms with Crippen LogP contribution in [0.3, 0.4) is 0 Å². The van der Waals surface area contributed by atoms with Crippen LogP contribution in [0.1, 0.15) is 0 Å². The lowest BCUT2D eigenvalue weighted by Crippen LogP contribution is -1.97. The molecule has 1 aromatic carbocycles. The van der Waals surface area contributed by atoms with Gasteiger partial charge in [-0.1, -0.05) is 0 Å². The van der Waals surface area contributed by atoms with Crippen molar-refractivity contribution >= 4 is 43.0 Å². The number of sulfone groups is 1. The van der Waals surface area contributed by atoms with E-state index in [0.29, 0.717) is 11.6 Å². The van der Waals surface area contributed by atoms with E-state index in [-0.39, 0.29) is 10.2 Å². The minimum absolute atomic E-state index is 0.104. The third-order valence-corrected chi connectivity index (χ3v) is 4.83. The molecule has 0 saturated heterocycles. The van der Waals surface area contributed by atoms with Crippen molar-refractivity contribution < 1.29 is 13.2 Å². The Morgan fingerprint density at radius 1 is 1.14 bits per heavy atom. The summed E-state index contributed by atoms with van der Waals surface area (Å²) in [7, 11) is -3.23. The number of aromatic nitrogens is 2. The smallest absolute Gasteiger partial charge is 0.232 e. The fourth-order valence-corrected chi connectivity index (χ4v) is 3.34. The van der Waals surface area contributed by atoms with Crippen molar-refractivity contribution in [2.75, 3.05) is 6.26 Å². The van der Waals surface area contributed by atoms with Gasteiger partial charge in [-0.05, 0) is 47.3 Å². The zero-order chi connectivity index (χ0) is 15.0. The van der Waals surface area contributed by atoms with E-state index in [2.05, 4.69) is 9.97 Å². The van der Waals surface area contributed by atoms with Gasteiger partial charge in [0.25, 0.3) is 0 Å². The van der Waals surface area contributed by atoms with E-state index < -0.39 is 9.84 Å². The van der Waals surface area contributed by atoms with Crippen molar-refractivity contribution in [2.24, 2.45) is 0 Å². The summed E-state index contributed by atoms with van der Waals surface area (Å²) in [6, 6.07) is 7.96. The molecule has 108 valence electrons. The predicted octanol–water partition coefficient (Wildman–Crippen LogP) is 3.54. The Balaban J connectivity index is 1.97. The van der Waals surface area contributed by atoms with E-state index in [1.807, 2.05) is 11.4 Å². The van der Waals surface area contributed by atoms with Gasteiger partial charge in [0.1, 0.15) is 10.6 Å². The van der Waals surface area contributed by atoms with Crippen molar-refractivity contribution in [3.8, 4) is 11.6 Å². The van der Waals surface area contributed by atoms with E-state index in [1.54, 1.807) is 12.1 Å². The first-order valence-electron chi connectivity index (χ1n) is 5.82. The normalized spacial score (nSPS) is 11.7. The third-order valence-electron chi connectivity index (χ3n) is 2.73. The molecule has 0 fully saturated rings. The Morgan fingerprint density at radius 2 is 1.86 bits per heavy atom. The maximum absolute atomic E-state index is 11.4. The molecule has 21 heavy (non-hydrogen) atoms. The summed E-state index contributed by atoms with van der Waals surface area (Å²) >= 11 is 7.29. The van der Waals surface area contributed by atoms with Gasteiger partial charge in [0, 0.05) is 6.26 Å². The molecule has 0 atom stereocenters. The van der Waals surface area contributed by atoms with Crippen molar-refractivity contribution in [1.29, 1.82) is 0 Å². The van der Waals surface area contributed by atoms with Crippen LogP contribution in [0.5, 0.6) is 11.6 Å². The van der Waals surface area contributed by atoms with E-state index in [9.17, 15) is 8.42 Å². The summed E-state index contributed by atoms with van der Waals surface area (Å²) in [6.07, 6.45) is 1.15. The molecule has 8 heteroatoms. The maximum atomic E-state index is 11.4. The van der Waals surface area contributed by atoms with Crippen LogP contribution in [0.4, 0.5) is 0 Å². The van der Waals surface area contributed by atoms with Gasteiger partial charge < -0.3 is 4.74 Å². The van der Waals surface area contributed by atoms with E-state index in [1.165, 1.54) is 23.5 Å². The second-order valence-corrected chi connectivity index (χ2v) is 7.53. The molecule has 3 aromatic rings. The quantitative estimate of drug-likeness (QED) is 0.682. The van der Waals surface area contributed by atoms with Crippen molar-refractivity contribution in [3.63, 3.8) is 0 Å². The highest BCUT2D eigenvalue weighted by Crippen LogP contribution is 2.31. The topological polar surface area (TPSA) is 69.2 Å². The van der Waals surface area contributed by atoms with E-state index in [0.717, 1.165) is 16.5 Å². The Kier molecular flexibility index (Phi) is 3.56. The number of nitrogens with zero attached hydrogens (tertiary/aromatic N) is 2. The van der Waals surface area contributed by atoms with Crippen LogP contribution in [0.2, 0.25) is 5.28 Å². The number of hydrogen-bond acceptors (Lipinski definition) is 6. The molecule has 2 heterocycles. The Labute approximate surface area is 130 Å². The van der Waals surface area contributed by atoms with Gasteiger partial charge >= 0.3 is 0 Å².